The number of allylic oxidation sites excluding steroid dienone is 2. The van der Waals surface area contributed by atoms with Gasteiger partial charge >= 0.3 is 18.1 Å². The van der Waals surface area contributed by atoms with Crippen molar-refractivity contribution in [2.45, 2.75) is 6.18 Å². The van der Waals surface area contributed by atoms with Crippen LogP contribution >= 0.6 is 0 Å². The molecule has 0 aromatic heterocycles. The van der Waals surface area contributed by atoms with Gasteiger partial charge in [0.15, 0.2) is 0 Å². The Kier molecular flexibility index (Phi) is 6.17. The maximum absolute atomic E-state index is 13.3. The van der Waals surface area contributed by atoms with Gasteiger partial charge < -0.3 is 19.3 Å². The molecular weight excluding hydrogens is 377 g/mol. The zero-order valence-electron chi connectivity index (χ0n) is 15.7. The Morgan fingerprint density at radius 2 is 1.68 bits per heavy atom. The van der Waals surface area contributed by atoms with Crippen molar-refractivity contribution < 1.29 is 32.2 Å². The molecule has 9 heteroatoms. The lowest BCUT2D eigenvalue weighted by Gasteiger charge is -2.28. The number of carbonyl (C=O) groups is 2. The topological polar surface area (TPSA) is 59.1 Å². The number of rotatable bonds is 4. The second-order valence-electron chi connectivity index (χ2n) is 5.91. The Bertz CT molecular complexity index is 870. The van der Waals surface area contributed by atoms with Crippen molar-refractivity contribution in [3.8, 4) is 0 Å². The first-order valence-electron chi connectivity index (χ1n) is 8.05. The monoisotopic (exact) mass is 396 g/mol. The molecule has 1 aliphatic heterocycles. The van der Waals surface area contributed by atoms with Crippen molar-refractivity contribution in [2.24, 2.45) is 0 Å². The van der Waals surface area contributed by atoms with Crippen LogP contribution in [0.2, 0.25) is 0 Å². The molecule has 0 aliphatic carbocycles. The molecule has 150 valence electrons. The summed E-state index contributed by atoms with van der Waals surface area (Å²) in [5.41, 5.74) is -0.877. The molecule has 0 fully saturated rings. The summed E-state index contributed by atoms with van der Waals surface area (Å²) in [6.45, 7) is 0. The van der Waals surface area contributed by atoms with E-state index in [1.54, 1.807) is 19.0 Å². The number of methoxy groups -OCH3 is 2. The Labute approximate surface area is 160 Å². The number of ether oxygens (including phenoxy) is 2. The molecule has 0 N–H and O–H groups in total. The highest BCUT2D eigenvalue weighted by Gasteiger charge is 2.34. The molecule has 0 unspecified atom stereocenters. The predicted octanol–water partition coefficient (Wildman–Crippen LogP) is 3.26. The quantitative estimate of drug-likeness (QED) is 0.729. The highest BCUT2D eigenvalue weighted by atomic mass is 19.4. The first kappa shape index (κ1) is 21.1. The van der Waals surface area contributed by atoms with Gasteiger partial charge in [0.25, 0.3) is 0 Å². The Balaban J connectivity index is 2.82. The van der Waals surface area contributed by atoms with E-state index in [-0.39, 0.29) is 17.0 Å². The van der Waals surface area contributed by atoms with Crippen molar-refractivity contribution >= 4 is 23.3 Å². The van der Waals surface area contributed by atoms with Crippen molar-refractivity contribution in [1.82, 2.24) is 0 Å². The molecule has 0 bridgehead atoms. The SMILES string of the molecule is COC(=O)C1=C(C(=O)OC)N(c2cc(C(F)(F)F)ccc2N(C)C)C=CC=C1. The van der Waals surface area contributed by atoms with Crippen LogP contribution in [0.1, 0.15) is 5.56 Å². The summed E-state index contributed by atoms with van der Waals surface area (Å²) in [4.78, 5) is 27.4. The maximum Gasteiger partial charge on any atom is 0.416 e. The van der Waals surface area contributed by atoms with Gasteiger partial charge in [0.2, 0.25) is 0 Å². The van der Waals surface area contributed by atoms with Crippen LogP contribution in [0.3, 0.4) is 0 Å². The lowest BCUT2D eigenvalue weighted by molar-refractivity contribution is -0.139. The zero-order valence-corrected chi connectivity index (χ0v) is 15.7. The number of nitrogens with zero attached hydrogens (tertiary/aromatic N) is 2. The van der Waals surface area contributed by atoms with E-state index in [0.717, 1.165) is 26.4 Å². The molecule has 0 saturated carbocycles. The Morgan fingerprint density at radius 1 is 1.04 bits per heavy atom. The molecule has 0 amide bonds. The fourth-order valence-electron chi connectivity index (χ4n) is 2.62. The lowest BCUT2D eigenvalue weighted by Crippen LogP contribution is -2.28. The Hall–Kier alpha value is -3.23. The van der Waals surface area contributed by atoms with Crippen LogP contribution in [0.15, 0.2) is 53.9 Å². The van der Waals surface area contributed by atoms with Gasteiger partial charge in [-0.15, -0.1) is 0 Å². The van der Waals surface area contributed by atoms with Gasteiger partial charge in [-0.2, -0.15) is 13.2 Å². The number of hydrogen-bond donors (Lipinski definition) is 0. The fourth-order valence-corrected chi connectivity index (χ4v) is 2.62. The van der Waals surface area contributed by atoms with Crippen LogP contribution in [0.5, 0.6) is 0 Å². The molecule has 1 aromatic carbocycles. The van der Waals surface area contributed by atoms with Crippen LogP contribution in [0.4, 0.5) is 24.5 Å². The van der Waals surface area contributed by atoms with Crippen LogP contribution in [-0.2, 0) is 25.2 Å². The summed E-state index contributed by atoms with van der Waals surface area (Å²) in [6.07, 6.45) is 1.07. The van der Waals surface area contributed by atoms with Crippen LogP contribution in [0, 0.1) is 0 Å². The van der Waals surface area contributed by atoms with Gasteiger partial charge in [-0.1, -0.05) is 6.08 Å². The number of anilines is 2. The highest BCUT2D eigenvalue weighted by molar-refractivity contribution is 6.06. The number of esters is 2. The van der Waals surface area contributed by atoms with E-state index in [1.165, 1.54) is 35.4 Å². The van der Waals surface area contributed by atoms with Gasteiger partial charge in [0, 0.05) is 20.3 Å². The van der Waals surface area contributed by atoms with E-state index >= 15 is 0 Å². The van der Waals surface area contributed by atoms with E-state index in [2.05, 4.69) is 0 Å². The number of halogens is 3. The minimum absolute atomic E-state index is 0.0431. The minimum Gasteiger partial charge on any atom is -0.465 e. The summed E-state index contributed by atoms with van der Waals surface area (Å²) in [7, 11) is 5.54. The number of benzene rings is 1. The standard InChI is InChI=1S/C19H19F3N2O4/c1-23(2)14-9-8-12(19(20,21)22)11-15(14)24-10-6-5-7-13(17(25)27-3)16(24)18(26)28-4/h5-11H,1-4H3. The van der Waals surface area contributed by atoms with E-state index in [0.29, 0.717) is 5.69 Å². The average Bonchev–Trinajstić information content (AvgIpc) is 2.88. The van der Waals surface area contributed by atoms with E-state index in [4.69, 9.17) is 9.47 Å². The molecule has 1 aliphatic rings. The normalized spacial score (nSPS) is 14.0. The summed E-state index contributed by atoms with van der Waals surface area (Å²) in [5.74, 6) is -1.73. The number of hydrogen-bond acceptors (Lipinski definition) is 6. The summed E-state index contributed by atoms with van der Waals surface area (Å²) in [6, 6.07) is 3.14. The molecule has 0 radical (unpaired) electrons. The predicted molar refractivity (Wildman–Crippen MR) is 97.6 cm³/mol. The van der Waals surface area contributed by atoms with Crippen molar-refractivity contribution in [3.63, 3.8) is 0 Å². The third-order valence-corrected chi connectivity index (χ3v) is 3.93. The second-order valence-corrected chi connectivity index (χ2v) is 5.91. The van der Waals surface area contributed by atoms with Crippen LogP contribution in [-0.4, -0.2) is 40.3 Å². The molecule has 28 heavy (non-hydrogen) atoms. The zero-order chi connectivity index (χ0) is 21.1. The van der Waals surface area contributed by atoms with Gasteiger partial charge in [-0.25, -0.2) is 9.59 Å². The highest BCUT2D eigenvalue weighted by Crippen LogP contribution is 2.39. The molecular formula is C19H19F3N2O4. The molecule has 0 atom stereocenters. The van der Waals surface area contributed by atoms with Gasteiger partial charge in [-0.05, 0) is 30.4 Å². The molecule has 0 saturated heterocycles. The molecule has 1 heterocycles. The van der Waals surface area contributed by atoms with E-state index in [1.807, 2.05) is 0 Å². The number of carbonyl (C=O) groups excluding carboxylic acids is 2. The third kappa shape index (κ3) is 4.19. The smallest absolute Gasteiger partial charge is 0.416 e. The first-order valence-corrected chi connectivity index (χ1v) is 8.05. The largest absolute Gasteiger partial charge is 0.465 e. The van der Waals surface area contributed by atoms with Gasteiger partial charge in [0.1, 0.15) is 5.70 Å². The molecule has 1 aromatic rings. The fraction of sp³-hybridized carbons (Fsp3) is 0.263. The third-order valence-electron chi connectivity index (χ3n) is 3.93. The van der Waals surface area contributed by atoms with Gasteiger partial charge in [0.05, 0.1) is 36.7 Å². The minimum atomic E-state index is -4.59. The lowest BCUT2D eigenvalue weighted by atomic mass is 10.1. The van der Waals surface area contributed by atoms with Gasteiger partial charge in [-0.3, -0.25) is 0 Å². The first-order chi connectivity index (χ1) is 13.1. The summed E-state index contributed by atoms with van der Waals surface area (Å²) >= 11 is 0. The van der Waals surface area contributed by atoms with Crippen LogP contribution < -0.4 is 9.80 Å². The molecule has 0 spiro atoms. The molecule has 6 nitrogen and oxygen atoms in total. The van der Waals surface area contributed by atoms with Crippen molar-refractivity contribution in [2.75, 3.05) is 38.1 Å². The van der Waals surface area contributed by atoms with Crippen molar-refractivity contribution in [3.05, 3.63) is 59.5 Å². The molecule has 2 rings (SSSR count). The van der Waals surface area contributed by atoms with E-state index < -0.39 is 23.7 Å². The maximum atomic E-state index is 13.3. The summed E-state index contributed by atoms with van der Waals surface area (Å²) in [5, 5.41) is 0. The van der Waals surface area contributed by atoms with Crippen LogP contribution in [0.25, 0.3) is 0 Å². The Morgan fingerprint density at radius 3 is 2.21 bits per heavy atom. The average molecular weight is 396 g/mol. The number of alkyl halides is 3. The van der Waals surface area contributed by atoms with Crippen molar-refractivity contribution in [1.29, 1.82) is 0 Å². The second kappa shape index (κ2) is 8.20. The summed E-state index contributed by atoms with van der Waals surface area (Å²) < 4.78 is 49.3. The van der Waals surface area contributed by atoms with E-state index in [9.17, 15) is 22.8 Å².